The van der Waals surface area contributed by atoms with Crippen molar-refractivity contribution in [2.75, 3.05) is 6.61 Å². The van der Waals surface area contributed by atoms with Crippen molar-refractivity contribution < 1.29 is 19.0 Å². The van der Waals surface area contributed by atoms with Gasteiger partial charge < -0.3 is 14.2 Å². The third kappa shape index (κ3) is 3.94. The molecule has 92 valence electrons. The summed E-state index contributed by atoms with van der Waals surface area (Å²) in [5.74, 6) is -0.869. The number of carbonyl (C=O) groups is 1. The standard InChI is InChI=1S/C12H20O4/c1-8(2)15-11(13)9(3)6-10-7-14-12(4,5)16-10/h6,8,10H,7H2,1-5H3/b9-6-/t10-/m0/s1. The topological polar surface area (TPSA) is 44.8 Å². The summed E-state index contributed by atoms with van der Waals surface area (Å²) in [5, 5.41) is 0. The van der Waals surface area contributed by atoms with E-state index in [9.17, 15) is 4.79 Å². The van der Waals surface area contributed by atoms with Gasteiger partial charge in [0.1, 0.15) is 6.10 Å². The van der Waals surface area contributed by atoms with E-state index in [-0.39, 0.29) is 18.2 Å². The van der Waals surface area contributed by atoms with Crippen LogP contribution in [0.3, 0.4) is 0 Å². The molecule has 0 saturated carbocycles. The molecule has 4 heteroatoms. The highest BCUT2D eigenvalue weighted by atomic mass is 16.7. The maximum Gasteiger partial charge on any atom is 0.333 e. The minimum Gasteiger partial charge on any atom is -0.460 e. The second-order valence-corrected chi connectivity index (χ2v) is 4.67. The van der Waals surface area contributed by atoms with Crippen LogP contribution in [-0.2, 0) is 19.0 Å². The molecule has 0 spiro atoms. The average molecular weight is 228 g/mol. The van der Waals surface area contributed by atoms with Crippen LogP contribution in [0.1, 0.15) is 34.6 Å². The van der Waals surface area contributed by atoms with Crippen molar-refractivity contribution in [3.8, 4) is 0 Å². The molecule has 1 fully saturated rings. The van der Waals surface area contributed by atoms with E-state index in [0.717, 1.165) is 0 Å². The average Bonchev–Trinajstić information content (AvgIpc) is 2.44. The second kappa shape index (κ2) is 4.97. The van der Waals surface area contributed by atoms with Gasteiger partial charge in [-0.3, -0.25) is 0 Å². The van der Waals surface area contributed by atoms with Gasteiger partial charge in [-0.2, -0.15) is 0 Å². The van der Waals surface area contributed by atoms with Crippen molar-refractivity contribution in [3.63, 3.8) is 0 Å². The molecule has 16 heavy (non-hydrogen) atoms. The summed E-state index contributed by atoms with van der Waals surface area (Å²) in [6.45, 7) is 9.54. The van der Waals surface area contributed by atoms with Gasteiger partial charge in [0.05, 0.1) is 12.7 Å². The van der Waals surface area contributed by atoms with E-state index in [1.165, 1.54) is 0 Å². The third-order valence-corrected chi connectivity index (χ3v) is 2.13. The summed E-state index contributed by atoms with van der Waals surface area (Å²) >= 11 is 0. The molecule has 1 heterocycles. The fraction of sp³-hybridized carbons (Fsp3) is 0.750. The Balaban J connectivity index is 2.54. The highest BCUT2D eigenvalue weighted by molar-refractivity contribution is 5.87. The van der Waals surface area contributed by atoms with E-state index in [4.69, 9.17) is 14.2 Å². The Labute approximate surface area is 96.6 Å². The molecule has 0 unspecified atom stereocenters. The van der Waals surface area contributed by atoms with Gasteiger partial charge >= 0.3 is 5.97 Å². The number of ether oxygens (including phenoxy) is 3. The molecule has 0 aromatic heterocycles. The molecule has 1 saturated heterocycles. The van der Waals surface area contributed by atoms with Gasteiger partial charge in [-0.1, -0.05) is 0 Å². The first-order valence-electron chi connectivity index (χ1n) is 5.51. The fourth-order valence-corrected chi connectivity index (χ4v) is 1.45. The quantitative estimate of drug-likeness (QED) is 0.547. The van der Waals surface area contributed by atoms with Gasteiger partial charge in [0.25, 0.3) is 0 Å². The molecule has 0 N–H and O–H groups in total. The van der Waals surface area contributed by atoms with Gasteiger partial charge in [-0.05, 0) is 40.7 Å². The summed E-state index contributed by atoms with van der Waals surface area (Å²) in [7, 11) is 0. The maximum absolute atomic E-state index is 11.5. The van der Waals surface area contributed by atoms with Gasteiger partial charge in [0.15, 0.2) is 5.79 Å². The number of hydrogen-bond acceptors (Lipinski definition) is 4. The fourth-order valence-electron chi connectivity index (χ4n) is 1.45. The van der Waals surface area contributed by atoms with Gasteiger partial charge in [-0.15, -0.1) is 0 Å². The Kier molecular flexibility index (Phi) is 4.10. The summed E-state index contributed by atoms with van der Waals surface area (Å²) < 4.78 is 16.0. The first-order valence-corrected chi connectivity index (χ1v) is 5.51. The SMILES string of the molecule is C/C(=C/[C@H]1COC(C)(C)O1)C(=O)OC(C)C. The van der Waals surface area contributed by atoms with Crippen molar-refractivity contribution in [1.29, 1.82) is 0 Å². The molecule has 0 aromatic rings. The zero-order valence-electron chi connectivity index (χ0n) is 10.6. The number of hydrogen-bond donors (Lipinski definition) is 0. The van der Waals surface area contributed by atoms with Crippen LogP contribution in [0.4, 0.5) is 0 Å². The lowest BCUT2D eigenvalue weighted by Gasteiger charge is -2.16. The lowest BCUT2D eigenvalue weighted by Crippen LogP contribution is -2.21. The zero-order valence-corrected chi connectivity index (χ0v) is 10.6. The van der Waals surface area contributed by atoms with Crippen molar-refractivity contribution in [2.45, 2.75) is 52.6 Å². The van der Waals surface area contributed by atoms with Crippen LogP contribution >= 0.6 is 0 Å². The Hall–Kier alpha value is -0.870. The molecular weight excluding hydrogens is 208 g/mol. The lowest BCUT2D eigenvalue weighted by atomic mass is 10.2. The van der Waals surface area contributed by atoms with Gasteiger partial charge in [-0.25, -0.2) is 4.79 Å². The Morgan fingerprint density at radius 2 is 2.12 bits per heavy atom. The Morgan fingerprint density at radius 1 is 1.50 bits per heavy atom. The van der Waals surface area contributed by atoms with E-state index in [2.05, 4.69) is 0 Å². The number of carbonyl (C=O) groups excluding carboxylic acids is 1. The zero-order chi connectivity index (χ0) is 12.3. The predicted molar refractivity (Wildman–Crippen MR) is 59.9 cm³/mol. The number of rotatable bonds is 3. The molecule has 1 aliphatic rings. The first kappa shape index (κ1) is 13.2. The molecule has 1 aliphatic heterocycles. The van der Waals surface area contributed by atoms with Gasteiger partial charge in [0, 0.05) is 5.57 Å². The maximum atomic E-state index is 11.5. The number of esters is 1. The molecule has 0 aromatic carbocycles. The molecular formula is C12H20O4. The minimum atomic E-state index is -0.566. The Morgan fingerprint density at radius 3 is 2.56 bits per heavy atom. The molecule has 0 radical (unpaired) electrons. The van der Waals surface area contributed by atoms with Crippen LogP contribution in [0.2, 0.25) is 0 Å². The van der Waals surface area contributed by atoms with E-state index in [1.807, 2.05) is 27.7 Å². The summed E-state index contributed by atoms with van der Waals surface area (Å²) in [4.78, 5) is 11.5. The first-order chi connectivity index (χ1) is 7.30. The summed E-state index contributed by atoms with van der Waals surface area (Å²) in [6.07, 6.45) is 1.47. The monoisotopic (exact) mass is 228 g/mol. The Bertz CT molecular complexity index is 291. The van der Waals surface area contributed by atoms with E-state index >= 15 is 0 Å². The minimum absolute atomic E-state index is 0.104. The molecule has 1 rings (SSSR count). The third-order valence-electron chi connectivity index (χ3n) is 2.13. The van der Waals surface area contributed by atoms with Crippen LogP contribution in [0, 0.1) is 0 Å². The highest BCUT2D eigenvalue weighted by Gasteiger charge is 2.31. The van der Waals surface area contributed by atoms with Crippen molar-refractivity contribution in [2.24, 2.45) is 0 Å². The molecule has 0 aliphatic carbocycles. The smallest absolute Gasteiger partial charge is 0.333 e. The largest absolute Gasteiger partial charge is 0.460 e. The molecule has 4 nitrogen and oxygen atoms in total. The van der Waals surface area contributed by atoms with Crippen LogP contribution in [-0.4, -0.2) is 30.6 Å². The highest BCUT2D eigenvalue weighted by Crippen LogP contribution is 2.23. The van der Waals surface area contributed by atoms with Crippen LogP contribution in [0.15, 0.2) is 11.6 Å². The van der Waals surface area contributed by atoms with E-state index in [1.54, 1.807) is 13.0 Å². The van der Waals surface area contributed by atoms with Crippen molar-refractivity contribution in [1.82, 2.24) is 0 Å². The summed E-state index contributed by atoms with van der Waals surface area (Å²) in [6, 6.07) is 0. The van der Waals surface area contributed by atoms with Crippen LogP contribution < -0.4 is 0 Å². The lowest BCUT2D eigenvalue weighted by molar-refractivity contribution is -0.143. The van der Waals surface area contributed by atoms with E-state index in [0.29, 0.717) is 12.2 Å². The van der Waals surface area contributed by atoms with E-state index < -0.39 is 5.79 Å². The van der Waals surface area contributed by atoms with Crippen molar-refractivity contribution in [3.05, 3.63) is 11.6 Å². The summed E-state index contributed by atoms with van der Waals surface area (Å²) in [5.41, 5.74) is 0.556. The van der Waals surface area contributed by atoms with Crippen LogP contribution in [0.25, 0.3) is 0 Å². The molecule has 0 bridgehead atoms. The predicted octanol–water partition coefficient (Wildman–Crippen LogP) is 2.04. The van der Waals surface area contributed by atoms with Crippen molar-refractivity contribution >= 4 is 5.97 Å². The normalized spacial score (nSPS) is 24.9. The second-order valence-electron chi connectivity index (χ2n) is 4.67. The van der Waals surface area contributed by atoms with Gasteiger partial charge in [0.2, 0.25) is 0 Å². The van der Waals surface area contributed by atoms with Crippen LogP contribution in [0.5, 0.6) is 0 Å². The molecule has 1 atom stereocenters. The molecule has 0 amide bonds.